The van der Waals surface area contributed by atoms with E-state index in [-0.39, 0.29) is 11.4 Å². The number of aliphatic carboxylic acids is 1. The molecule has 1 N–H and O–H groups in total. The van der Waals surface area contributed by atoms with Gasteiger partial charge in [-0.25, -0.2) is 8.42 Å². The largest absolute Gasteiger partial charge is 0.480 e. The van der Waals surface area contributed by atoms with Crippen LogP contribution in [0.5, 0.6) is 0 Å². The van der Waals surface area contributed by atoms with Gasteiger partial charge in [0.05, 0.1) is 4.90 Å². The van der Waals surface area contributed by atoms with E-state index in [1.54, 1.807) is 19.1 Å². The number of benzene rings is 1. The highest BCUT2D eigenvalue weighted by molar-refractivity contribution is 7.89. The summed E-state index contributed by atoms with van der Waals surface area (Å²) in [4.78, 5) is 10.9. The number of sulfonamides is 1. The Kier molecular flexibility index (Phi) is 3.91. The predicted molar refractivity (Wildman–Crippen MR) is 70.5 cm³/mol. The molecule has 0 spiro atoms. The number of hydrogen-bond acceptors (Lipinski definition) is 3. The Morgan fingerprint density at radius 1 is 1.32 bits per heavy atom. The van der Waals surface area contributed by atoms with Crippen LogP contribution in [0, 0.1) is 0 Å². The van der Waals surface area contributed by atoms with Crippen molar-refractivity contribution in [2.24, 2.45) is 0 Å². The van der Waals surface area contributed by atoms with E-state index in [2.05, 4.69) is 0 Å². The zero-order valence-corrected chi connectivity index (χ0v) is 11.6. The smallest absolute Gasteiger partial charge is 0.318 e. The molecule has 0 atom stereocenters. The van der Waals surface area contributed by atoms with Crippen molar-refractivity contribution in [3.63, 3.8) is 0 Å². The van der Waals surface area contributed by atoms with Crippen LogP contribution in [-0.2, 0) is 27.7 Å². The molecular weight excluding hydrogens is 266 g/mol. The second-order valence-corrected chi connectivity index (χ2v) is 6.55. The summed E-state index contributed by atoms with van der Waals surface area (Å²) in [6, 6.07) is 5.09. The molecular formula is C13H17NO4S. The monoisotopic (exact) mass is 283 g/mol. The van der Waals surface area contributed by atoms with Crippen molar-refractivity contribution in [3.8, 4) is 0 Å². The van der Waals surface area contributed by atoms with Crippen molar-refractivity contribution < 1.29 is 18.3 Å². The van der Waals surface area contributed by atoms with Crippen molar-refractivity contribution in [1.82, 2.24) is 4.31 Å². The van der Waals surface area contributed by atoms with Crippen LogP contribution in [0.2, 0.25) is 0 Å². The van der Waals surface area contributed by atoms with E-state index >= 15 is 0 Å². The molecule has 0 saturated carbocycles. The number of carbonyl (C=O) groups is 1. The third-order valence-electron chi connectivity index (χ3n) is 3.37. The van der Waals surface area contributed by atoms with E-state index in [0.717, 1.165) is 29.1 Å². The van der Waals surface area contributed by atoms with Gasteiger partial charge < -0.3 is 5.11 Å². The van der Waals surface area contributed by atoms with Gasteiger partial charge in [0, 0.05) is 6.54 Å². The number of hydrogen-bond donors (Lipinski definition) is 1. The molecule has 0 radical (unpaired) electrons. The van der Waals surface area contributed by atoms with Crippen molar-refractivity contribution in [3.05, 3.63) is 29.3 Å². The first kappa shape index (κ1) is 14.0. The number of carboxylic acid groups (broad SMARTS) is 1. The third kappa shape index (κ3) is 2.79. The zero-order valence-electron chi connectivity index (χ0n) is 10.8. The first-order chi connectivity index (χ1) is 8.95. The van der Waals surface area contributed by atoms with Crippen LogP contribution in [-0.4, -0.2) is 36.9 Å². The molecule has 0 saturated heterocycles. The second-order valence-electron chi connectivity index (χ2n) is 4.61. The Hall–Kier alpha value is -1.40. The number of rotatable bonds is 5. The number of carboxylic acids is 1. The summed E-state index contributed by atoms with van der Waals surface area (Å²) in [5.74, 6) is -1.15. The number of fused-ring (bicyclic) bond motifs is 1. The summed E-state index contributed by atoms with van der Waals surface area (Å²) in [5, 5.41) is 8.77. The maximum atomic E-state index is 12.4. The molecule has 0 fully saturated rings. The van der Waals surface area contributed by atoms with Gasteiger partial charge in [-0.3, -0.25) is 4.79 Å². The van der Waals surface area contributed by atoms with Crippen LogP contribution in [0.4, 0.5) is 0 Å². The highest BCUT2D eigenvalue weighted by atomic mass is 32.2. The normalized spacial score (nSPS) is 14.6. The molecule has 2 rings (SSSR count). The maximum absolute atomic E-state index is 12.4. The van der Waals surface area contributed by atoms with Gasteiger partial charge in [-0.2, -0.15) is 4.31 Å². The Labute approximate surface area is 112 Å². The molecule has 0 bridgehead atoms. The van der Waals surface area contributed by atoms with E-state index < -0.39 is 22.5 Å². The Balaban J connectivity index is 2.35. The average molecular weight is 283 g/mol. The molecule has 0 amide bonds. The van der Waals surface area contributed by atoms with Crippen molar-refractivity contribution in [2.75, 3.05) is 13.1 Å². The van der Waals surface area contributed by atoms with Gasteiger partial charge >= 0.3 is 5.97 Å². The Morgan fingerprint density at radius 3 is 2.63 bits per heavy atom. The summed E-state index contributed by atoms with van der Waals surface area (Å²) in [5.41, 5.74) is 2.26. The van der Waals surface area contributed by atoms with Crippen molar-refractivity contribution in [1.29, 1.82) is 0 Å². The molecule has 5 nitrogen and oxygen atoms in total. The molecule has 0 heterocycles. The van der Waals surface area contributed by atoms with Crippen LogP contribution < -0.4 is 0 Å². The van der Waals surface area contributed by atoms with Crippen LogP contribution in [0.25, 0.3) is 0 Å². The average Bonchev–Trinajstić information content (AvgIpc) is 2.82. The summed E-state index contributed by atoms with van der Waals surface area (Å²) in [6.45, 7) is 1.27. The fraction of sp³-hybridized carbons (Fsp3) is 0.462. The summed E-state index contributed by atoms with van der Waals surface area (Å²) in [7, 11) is -3.72. The van der Waals surface area contributed by atoms with Gasteiger partial charge in [-0.05, 0) is 42.5 Å². The lowest BCUT2D eigenvalue weighted by atomic mass is 10.1. The first-order valence-corrected chi connectivity index (χ1v) is 7.73. The van der Waals surface area contributed by atoms with Crippen LogP contribution >= 0.6 is 0 Å². The summed E-state index contributed by atoms with van der Waals surface area (Å²) in [6.07, 6.45) is 2.93. The van der Waals surface area contributed by atoms with E-state index in [1.807, 2.05) is 6.07 Å². The summed E-state index contributed by atoms with van der Waals surface area (Å²) < 4.78 is 25.7. The van der Waals surface area contributed by atoms with Gasteiger partial charge in [0.25, 0.3) is 0 Å². The molecule has 1 aliphatic rings. The van der Waals surface area contributed by atoms with Crippen molar-refractivity contribution >= 4 is 16.0 Å². The van der Waals surface area contributed by atoms with E-state index in [0.29, 0.717) is 0 Å². The van der Waals surface area contributed by atoms with Gasteiger partial charge in [0.15, 0.2) is 0 Å². The molecule has 104 valence electrons. The molecule has 1 aliphatic carbocycles. The van der Waals surface area contributed by atoms with Gasteiger partial charge in [0.2, 0.25) is 10.0 Å². The molecule has 0 aromatic heterocycles. The van der Waals surface area contributed by atoms with Crippen LogP contribution in [0.15, 0.2) is 23.1 Å². The molecule has 0 unspecified atom stereocenters. The number of nitrogens with zero attached hydrogens (tertiary/aromatic N) is 1. The Bertz CT molecular complexity index is 595. The fourth-order valence-electron chi connectivity index (χ4n) is 2.38. The minimum Gasteiger partial charge on any atom is -0.480 e. The Morgan fingerprint density at radius 2 is 2.00 bits per heavy atom. The van der Waals surface area contributed by atoms with Gasteiger partial charge in [-0.15, -0.1) is 0 Å². The lowest BCUT2D eigenvalue weighted by Gasteiger charge is -2.18. The summed E-state index contributed by atoms with van der Waals surface area (Å²) >= 11 is 0. The zero-order chi connectivity index (χ0) is 14.0. The van der Waals surface area contributed by atoms with Crippen molar-refractivity contribution in [2.45, 2.75) is 31.1 Å². The lowest BCUT2D eigenvalue weighted by molar-refractivity contribution is -0.137. The van der Waals surface area contributed by atoms with Crippen LogP contribution in [0.3, 0.4) is 0 Å². The lowest BCUT2D eigenvalue weighted by Crippen LogP contribution is -2.35. The van der Waals surface area contributed by atoms with Gasteiger partial charge in [-0.1, -0.05) is 13.0 Å². The molecule has 1 aromatic carbocycles. The number of aryl methyl sites for hydroxylation is 2. The molecule has 1 aromatic rings. The van der Waals surface area contributed by atoms with E-state index in [4.69, 9.17) is 5.11 Å². The standard InChI is InChI=1S/C13H17NO4S/c1-2-14(9-13(15)16)19(17,18)12-7-6-10-4-3-5-11(10)8-12/h6-8H,2-5,9H2,1H3,(H,15,16). The maximum Gasteiger partial charge on any atom is 0.318 e. The second kappa shape index (κ2) is 5.30. The fourth-order valence-corrected chi connectivity index (χ4v) is 3.82. The minimum absolute atomic E-state index is 0.145. The van der Waals surface area contributed by atoms with E-state index in [9.17, 15) is 13.2 Å². The highest BCUT2D eigenvalue weighted by Gasteiger charge is 2.26. The first-order valence-electron chi connectivity index (χ1n) is 6.29. The third-order valence-corrected chi connectivity index (χ3v) is 5.29. The highest BCUT2D eigenvalue weighted by Crippen LogP contribution is 2.26. The minimum atomic E-state index is -3.72. The SMILES string of the molecule is CCN(CC(=O)O)S(=O)(=O)c1ccc2c(c1)CCC2. The van der Waals surface area contributed by atoms with Crippen LogP contribution in [0.1, 0.15) is 24.5 Å². The predicted octanol–water partition coefficient (Wildman–Crippen LogP) is 1.27. The number of likely N-dealkylation sites (N-methyl/N-ethyl adjacent to an activating group) is 1. The van der Waals surface area contributed by atoms with E-state index in [1.165, 1.54) is 5.56 Å². The quantitative estimate of drug-likeness (QED) is 0.883. The molecule has 0 aliphatic heterocycles. The molecule has 19 heavy (non-hydrogen) atoms. The topological polar surface area (TPSA) is 74.7 Å². The molecule has 6 heteroatoms. The van der Waals surface area contributed by atoms with Gasteiger partial charge in [0.1, 0.15) is 6.54 Å².